The summed E-state index contributed by atoms with van der Waals surface area (Å²) in [5, 5.41) is 10.6. The Morgan fingerprint density at radius 1 is 1.53 bits per heavy atom. The van der Waals surface area contributed by atoms with Crippen LogP contribution in [0.15, 0.2) is 22.7 Å². The molecule has 4 nitrogen and oxygen atoms in total. The standard InChI is InChI=1S/C9H9BrN2O2S/c10-8-5-7(11-3-4-15-6-11)1-2-9(8)12(13)14/h1-2,5H,3-4,6H2. The van der Waals surface area contributed by atoms with Crippen molar-refractivity contribution < 1.29 is 4.92 Å². The van der Waals surface area contributed by atoms with Gasteiger partial charge in [-0.1, -0.05) is 0 Å². The molecule has 1 saturated heterocycles. The lowest BCUT2D eigenvalue weighted by atomic mass is 10.2. The third-order valence-corrected chi connectivity index (χ3v) is 3.85. The smallest absolute Gasteiger partial charge is 0.283 e. The number of benzene rings is 1. The van der Waals surface area contributed by atoms with Gasteiger partial charge in [0.1, 0.15) is 0 Å². The van der Waals surface area contributed by atoms with E-state index in [0.717, 1.165) is 23.9 Å². The van der Waals surface area contributed by atoms with Crippen LogP contribution in [0.1, 0.15) is 0 Å². The second-order valence-electron chi connectivity index (χ2n) is 3.19. The number of nitrogens with zero attached hydrogens (tertiary/aromatic N) is 2. The molecule has 1 fully saturated rings. The third kappa shape index (κ3) is 2.26. The van der Waals surface area contributed by atoms with Crippen molar-refractivity contribution in [3.05, 3.63) is 32.8 Å². The second-order valence-corrected chi connectivity index (χ2v) is 5.12. The van der Waals surface area contributed by atoms with Gasteiger partial charge in [-0.15, -0.1) is 11.8 Å². The van der Waals surface area contributed by atoms with Gasteiger partial charge in [0.25, 0.3) is 5.69 Å². The van der Waals surface area contributed by atoms with E-state index in [9.17, 15) is 10.1 Å². The summed E-state index contributed by atoms with van der Waals surface area (Å²) in [5.41, 5.74) is 1.16. The molecular formula is C9H9BrN2O2S. The minimum atomic E-state index is -0.382. The van der Waals surface area contributed by atoms with Crippen LogP contribution in [0.3, 0.4) is 0 Å². The lowest BCUT2D eigenvalue weighted by molar-refractivity contribution is -0.385. The van der Waals surface area contributed by atoms with Gasteiger partial charge >= 0.3 is 0 Å². The fourth-order valence-electron chi connectivity index (χ4n) is 1.46. The number of anilines is 1. The van der Waals surface area contributed by atoms with Gasteiger partial charge in [0.15, 0.2) is 0 Å². The van der Waals surface area contributed by atoms with Crippen molar-refractivity contribution in [1.29, 1.82) is 0 Å². The molecule has 0 unspecified atom stereocenters. The molecule has 0 radical (unpaired) electrons. The summed E-state index contributed by atoms with van der Waals surface area (Å²) in [5.74, 6) is 2.08. The lowest BCUT2D eigenvalue weighted by Crippen LogP contribution is -2.17. The van der Waals surface area contributed by atoms with Crippen LogP contribution in [-0.2, 0) is 0 Å². The second kappa shape index (κ2) is 4.40. The number of halogens is 1. The summed E-state index contributed by atoms with van der Waals surface area (Å²) >= 11 is 5.09. The van der Waals surface area contributed by atoms with Crippen LogP contribution in [-0.4, -0.2) is 23.1 Å². The third-order valence-electron chi connectivity index (χ3n) is 2.25. The molecule has 0 spiro atoms. The van der Waals surface area contributed by atoms with E-state index in [4.69, 9.17) is 0 Å². The molecule has 0 saturated carbocycles. The summed E-state index contributed by atoms with van der Waals surface area (Å²) in [4.78, 5) is 12.4. The maximum atomic E-state index is 10.6. The topological polar surface area (TPSA) is 46.4 Å². The molecule has 1 aliphatic rings. The van der Waals surface area contributed by atoms with E-state index in [-0.39, 0.29) is 10.6 Å². The molecule has 1 aromatic rings. The van der Waals surface area contributed by atoms with E-state index < -0.39 is 0 Å². The normalized spacial score (nSPS) is 15.7. The highest BCUT2D eigenvalue weighted by Gasteiger charge is 2.17. The Morgan fingerprint density at radius 2 is 2.33 bits per heavy atom. The first-order valence-corrected chi connectivity index (χ1v) is 6.40. The Hall–Kier alpha value is -0.750. The van der Waals surface area contributed by atoms with Crippen molar-refractivity contribution in [3.63, 3.8) is 0 Å². The molecular weight excluding hydrogens is 280 g/mol. The zero-order valence-electron chi connectivity index (χ0n) is 7.85. The molecule has 1 aliphatic heterocycles. The maximum Gasteiger partial charge on any atom is 0.283 e. The molecule has 1 aromatic carbocycles. The van der Waals surface area contributed by atoms with E-state index in [1.807, 2.05) is 17.8 Å². The number of hydrogen-bond donors (Lipinski definition) is 0. The van der Waals surface area contributed by atoms with Crippen molar-refractivity contribution in [2.24, 2.45) is 0 Å². The first kappa shape index (κ1) is 10.8. The van der Waals surface area contributed by atoms with Gasteiger partial charge in [-0.05, 0) is 28.1 Å². The molecule has 0 atom stereocenters. The largest absolute Gasteiger partial charge is 0.361 e. The predicted molar refractivity (Wildman–Crippen MR) is 65.5 cm³/mol. The molecule has 0 aliphatic carbocycles. The highest BCUT2D eigenvalue weighted by molar-refractivity contribution is 9.10. The first-order chi connectivity index (χ1) is 7.18. The number of rotatable bonds is 2. The van der Waals surface area contributed by atoms with E-state index in [1.54, 1.807) is 12.1 Å². The van der Waals surface area contributed by atoms with Crippen LogP contribution in [0.5, 0.6) is 0 Å². The predicted octanol–water partition coefficient (Wildman–Crippen LogP) is 2.87. The first-order valence-electron chi connectivity index (χ1n) is 4.45. The Kier molecular flexibility index (Phi) is 3.16. The van der Waals surface area contributed by atoms with Gasteiger partial charge in [-0.2, -0.15) is 0 Å². The zero-order valence-corrected chi connectivity index (χ0v) is 10.3. The average Bonchev–Trinajstić information content (AvgIpc) is 2.69. The van der Waals surface area contributed by atoms with Crippen LogP contribution in [0, 0.1) is 10.1 Å². The number of hydrogen-bond acceptors (Lipinski definition) is 4. The van der Waals surface area contributed by atoms with Crippen LogP contribution in [0.4, 0.5) is 11.4 Å². The molecule has 0 aromatic heterocycles. The van der Waals surface area contributed by atoms with Gasteiger partial charge in [0.2, 0.25) is 0 Å². The highest BCUT2D eigenvalue weighted by Crippen LogP contribution is 2.31. The number of thioether (sulfide) groups is 1. The summed E-state index contributed by atoms with van der Waals surface area (Å²) in [6.45, 7) is 1.01. The maximum absolute atomic E-state index is 10.6. The fraction of sp³-hybridized carbons (Fsp3) is 0.333. The van der Waals surface area contributed by atoms with Crippen molar-refractivity contribution in [2.75, 3.05) is 23.1 Å². The molecule has 0 amide bonds. The molecule has 1 heterocycles. The van der Waals surface area contributed by atoms with Crippen molar-refractivity contribution >= 4 is 39.1 Å². The minimum Gasteiger partial charge on any atom is -0.361 e. The van der Waals surface area contributed by atoms with Crippen LogP contribution >= 0.6 is 27.7 Å². The van der Waals surface area contributed by atoms with Crippen molar-refractivity contribution in [3.8, 4) is 0 Å². The summed E-state index contributed by atoms with van der Waals surface area (Å²) in [6, 6.07) is 5.15. The minimum absolute atomic E-state index is 0.116. The fourth-order valence-corrected chi connectivity index (χ4v) is 2.95. The molecule has 6 heteroatoms. The quantitative estimate of drug-likeness (QED) is 0.620. The van der Waals surface area contributed by atoms with E-state index >= 15 is 0 Å². The van der Waals surface area contributed by atoms with E-state index in [1.165, 1.54) is 0 Å². The van der Waals surface area contributed by atoms with Crippen LogP contribution in [0.2, 0.25) is 0 Å². The molecule has 0 N–H and O–H groups in total. The van der Waals surface area contributed by atoms with Gasteiger partial charge in [0.05, 0.1) is 15.3 Å². The van der Waals surface area contributed by atoms with Crippen molar-refractivity contribution in [1.82, 2.24) is 0 Å². The van der Waals surface area contributed by atoms with Crippen LogP contribution < -0.4 is 4.90 Å². The molecule has 0 bridgehead atoms. The van der Waals surface area contributed by atoms with Crippen LogP contribution in [0.25, 0.3) is 0 Å². The lowest BCUT2D eigenvalue weighted by Gasteiger charge is -2.16. The number of nitro benzene ring substituents is 1. The monoisotopic (exact) mass is 288 g/mol. The Morgan fingerprint density at radius 3 is 2.87 bits per heavy atom. The molecule has 15 heavy (non-hydrogen) atoms. The summed E-state index contributed by atoms with van der Waals surface area (Å²) < 4.78 is 0.543. The summed E-state index contributed by atoms with van der Waals surface area (Å²) in [7, 11) is 0. The van der Waals surface area contributed by atoms with Crippen molar-refractivity contribution in [2.45, 2.75) is 0 Å². The molecule has 2 rings (SSSR count). The van der Waals surface area contributed by atoms with Gasteiger partial charge in [0, 0.05) is 24.1 Å². The Balaban J connectivity index is 2.28. The molecule has 80 valence electrons. The SMILES string of the molecule is O=[N+]([O-])c1ccc(N2CCSC2)cc1Br. The Bertz CT molecular complexity index is 394. The highest BCUT2D eigenvalue weighted by atomic mass is 79.9. The van der Waals surface area contributed by atoms with Gasteiger partial charge in [-0.3, -0.25) is 10.1 Å². The summed E-state index contributed by atoms with van der Waals surface area (Å²) in [6.07, 6.45) is 0. The average molecular weight is 289 g/mol. The van der Waals surface area contributed by atoms with Gasteiger partial charge < -0.3 is 4.90 Å². The zero-order chi connectivity index (χ0) is 10.8. The number of nitro groups is 1. The van der Waals surface area contributed by atoms with E-state index in [0.29, 0.717) is 4.47 Å². The van der Waals surface area contributed by atoms with E-state index in [2.05, 4.69) is 20.8 Å². The van der Waals surface area contributed by atoms with Gasteiger partial charge in [-0.25, -0.2) is 0 Å². The Labute approximate surface area is 99.9 Å².